The number of carbonyl (C=O) groups excluding carboxylic acids is 1. The average Bonchev–Trinajstić information content (AvgIpc) is 3.13. The molecule has 0 aromatic heterocycles. The maximum absolute atomic E-state index is 11.4. The van der Waals surface area contributed by atoms with Gasteiger partial charge in [-0.2, -0.15) is 0 Å². The van der Waals surface area contributed by atoms with E-state index in [1.165, 1.54) is 0 Å². The minimum atomic E-state index is -2.22. The van der Waals surface area contributed by atoms with Gasteiger partial charge in [-0.15, -0.1) is 0 Å². The maximum Gasteiger partial charge on any atom is 0.314 e. The summed E-state index contributed by atoms with van der Waals surface area (Å²) in [7, 11) is -2.22. The van der Waals surface area contributed by atoms with Crippen LogP contribution in [0.3, 0.4) is 0 Å². The van der Waals surface area contributed by atoms with Gasteiger partial charge in [0.15, 0.2) is 7.37 Å². The van der Waals surface area contributed by atoms with Crippen LogP contribution in [0.4, 0.5) is 0 Å². The lowest BCUT2D eigenvalue weighted by Crippen LogP contribution is -2.34. The van der Waals surface area contributed by atoms with Crippen LogP contribution in [0.2, 0.25) is 0 Å². The molecular formula is C46H105O13P. The van der Waals surface area contributed by atoms with Crippen LogP contribution < -0.4 is 0 Å². The first-order valence-corrected chi connectivity index (χ1v) is 24.8. The van der Waals surface area contributed by atoms with E-state index in [2.05, 4.69) is 34.6 Å². The molecule has 0 radical (unpaired) electrons. The van der Waals surface area contributed by atoms with Crippen LogP contribution in [0.5, 0.6) is 0 Å². The number of rotatable bonds is 29. The first kappa shape index (κ1) is 73.7. The second-order valence-corrected chi connectivity index (χ2v) is 18.4. The number of hydrogen-bond donors (Lipinski definition) is 1. The number of aliphatic hydroxyl groups excluding tert-OH is 1. The summed E-state index contributed by atoms with van der Waals surface area (Å²) in [4.78, 5) is 11.4. The molecule has 0 amide bonds. The molecule has 0 aliphatic rings. The molecule has 0 aliphatic carbocycles. The Kier molecular flexibility index (Phi) is 66.9. The zero-order valence-corrected chi connectivity index (χ0v) is 43.2. The normalized spacial score (nSPS) is 11.8. The molecule has 1 atom stereocenters. The van der Waals surface area contributed by atoms with Crippen molar-refractivity contribution < 1.29 is 61.6 Å². The molecule has 0 saturated heterocycles. The van der Waals surface area contributed by atoms with Crippen molar-refractivity contribution in [3.05, 3.63) is 0 Å². The highest BCUT2D eigenvalue weighted by Gasteiger charge is 2.32. The van der Waals surface area contributed by atoms with Crippen LogP contribution in [0.15, 0.2) is 0 Å². The van der Waals surface area contributed by atoms with E-state index in [1.807, 2.05) is 69.2 Å². The summed E-state index contributed by atoms with van der Waals surface area (Å²) in [6.45, 7) is 47.4. The van der Waals surface area contributed by atoms with Crippen LogP contribution in [0.25, 0.3) is 0 Å². The van der Waals surface area contributed by atoms with Gasteiger partial charge in [0.05, 0.1) is 102 Å². The molecule has 14 heteroatoms. The predicted molar refractivity (Wildman–Crippen MR) is 253 cm³/mol. The van der Waals surface area contributed by atoms with E-state index in [0.29, 0.717) is 70.5 Å². The number of hydrogen-bond acceptors (Lipinski definition) is 13. The van der Waals surface area contributed by atoms with E-state index in [9.17, 15) is 9.36 Å². The molecule has 0 bridgehead atoms. The molecule has 0 saturated carbocycles. The van der Waals surface area contributed by atoms with Crippen LogP contribution in [-0.2, 0) is 56.5 Å². The third kappa shape index (κ3) is 81.2. The molecule has 372 valence electrons. The highest BCUT2D eigenvalue weighted by atomic mass is 31.2. The largest absolute Gasteiger partial charge is 0.462 e. The van der Waals surface area contributed by atoms with Gasteiger partial charge in [0, 0.05) is 39.8 Å². The zero-order chi connectivity index (χ0) is 47.1. The van der Waals surface area contributed by atoms with Crippen molar-refractivity contribution in [2.75, 3.05) is 99.2 Å². The van der Waals surface area contributed by atoms with Gasteiger partial charge in [0.2, 0.25) is 0 Å². The SMILES string of the molecule is C.CC(C)OP(C)(C)=O.CCC(C)(CO)C(=O)OC(C)C.CCCOC(C)C.CCCOCCOC(C)C.CCCOCCOCCOC(C)C.CCOCCOC(C)C. The molecular weight excluding hydrogens is 791 g/mol. The lowest BCUT2D eigenvalue weighted by atomic mass is 9.89. The van der Waals surface area contributed by atoms with Crippen LogP contribution in [0, 0.1) is 5.41 Å². The summed E-state index contributed by atoms with van der Waals surface area (Å²) in [5, 5.41) is 8.97. The summed E-state index contributed by atoms with van der Waals surface area (Å²) in [6.07, 6.45) is 5.17. The molecule has 0 rings (SSSR count). The van der Waals surface area contributed by atoms with Gasteiger partial charge in [-0.3, -0.25) is 9.36 Å². The summed E-state index contributed by atoms with van der Waals surface area (Å²) in [5.41, 5.74) is -0.732. The second-order valence-electron chi connectivity index (χ2n) is 15.6. The number of ether oxygens (including phenoxy) is 9. The summed E-state index contributed by atoms with van der Waals surface area (Å²) in [6, 6.07) is 0. The molecule has 0 aromatic carbocycles. The lowest BCUT2D eigenvalue weighted by Gasteiger charge is -2.24. The van der Waals surface area contributed by atoms with Crippen molar-refractivity contribution in [1.29, 1.82) is 0 Å². The molecule has 0 aromatic rings. The fourth-order valence-electron chi connectivity index (χ4n) is 3.42. The molecule has 1 unspecified atom stereocenters. The third-order valence-electron chi connectivity index (χ3n) is 6.39. The smallest absolute Gasteiger partial charge is 0.314 e. The molecule has 60 heavy (non-hydrogen) atoms. The van der Waals surface area contributed by atoms with Crippen molar-refractivity contribution in [1.82, 2.24) is 0 Å². The number of aliphatic hydroxyl groups is 1. The monoisotopic (exact) mass is 897 g/mol. The maximum atomic E-state index is 11.4. The minimum absolute atomic E-state index is 0. The van der Waals surface area contributed by atoms with Crippen molar-refractivity contribution in [2.45, 2.75) is 194 Å². The first-order chi connectivity index (χ1) is 27.5. The first-order valence-electron chi connectivity index (χ1n) is 22.3. The van der Waals surface area contributed by atoms with E-state index in [1.54, 1.807) is 34.1 Å². The van der Waals surface area contributed by atoms with Gasteiger partial charge >= 0.3 is 5.97 Å². The third-order valence-corrected chi connectivity index (χ3v) is 7.32. The summed E-state index contributed by atoms with van der Waals surface area (Å²) < 4.78 is 62.6. The topological polar surface area (TPSA) is 147 Å². The Hall–Kier alpha value is -0.700. The molecule has 0 spiro atoms. The Morgan fingerprint density at radius 1 is 0.500 bits per heavy atom. The van der Waals surface area contributed by atoms with E-state index in [0.717, 1.165) is 58.9 Å². The van der Waals surface area contributed by atoms with Crippen LogP contribution in [-0.4, -0.2) is 147 Å². The van der Waals surface area contributed by atoms with Gasteiger partial charge in [-0.05, 0) is 123 Å². The highest BCUT2D eigenvalue weighted by Crippen LogP contribution is 2.38. The Morgan fingerprint density at radius 3 is 1.03 bits per heavy atom. The Morgan fingerprint density at radius 2 is 0.817 bits per heavy atom. The van der Waals surface area contributed by atoms with Crippen molar-refractivity contribution in [3.63, 3.8) is 0 Å². The van der Waals surface area contributed by atoms with Crippen molar-refractivity contribution in [2.24, 2.45) is 5.41 Å². The highest BCUT2D eigenvalue weighted by molar-refractivity contribution is 7.57. The zero-order valence-electron chi connectivity index (χ0n) is 42.3. The number of carbonyl (C=O) groups is 1. The van der Waals surface area contributed by atoms with Gasteiger partial charge in [0.1, 0.15) is 0 Å². The van der Waals surface area contributed by atoms with E-state index in [-0.39, 0.29) is 32.2 Å². The molecule has 0 aliphatic heterocycles. The molecule has 13 nitrogen and oxygen atoms in total. The van der Waals surface area contributed by atoms with E-state index in [4.69, 9.17) is 52.3 Å². The van der Waals surface area contributed by atoms with Crippen molar-refractivity contribution in [3.8, 4) is 0 Å². The Labute approximate surface area is 373 Å². The standard InChI is InChI=1S/C10H22O3.C9H18O3.C8H18O2.C7H16O2.C6H14O.C5H13O2P.CH4/c1-4-5-11-6-7-12-8-9-13-10(2)3;1-5-9(4,6-10)8(11)12-7(2)3;1-4-5-9-6-7-10-8(2)3;1-4-8-5-6-9-7(2)3;1-4-5-7-6(2)3;1-5(2)7-8(3,4)6;/h10H,4-9H2,1-3H3;7,10H,5-6H2,1-4H3;8H,4-7H2,1-3H3;7H,4-6H2,1-3H3;6H,4-5H2,1-3H3;5H,1-4H3;1H4. The Balaban J connectivity index is -0.000000113. The summed E-state index contributed by atoms with van der Waals surface area (Å²) >= 11 is 0. The summed E-state index contributed by atoms with van der Waals surface area (Å²) in [5.74, 6) is -0.317. The Bertz CT molecular complexity index is 831. The fraction of sp³-hybridized carbons (Fsp3) is 0.978. The quantitative estimate of drug-likeness (QED) is 0.0432. The predicted octanol–water partition coefficient (Wildman–Crippen LogP) is 10.9. The van der Waals surface area contributed by atoms with Crippen LogP contribution >= 0.6 is 7.37 Å². The molecule has 1 N–H and O–H groups in total. The van der Waals surface area contributed by atoms with E-state index < -0.39 is 12.8 Å². The molecule has 0 heterocycles. The average molecular weight is 897 g/mol. The lowest BCUT2D eigenvalue weighted by molar-refractivity contribution is -0.161. The van der Waals surface area contributed by atoms with Crippen LogP contribution in [0.1, 0.15) is 158 Å². The van der Waals surface area contributed by atoms with Gasteiger partial charge < -0.3 is 52.3 Å². The number of esters is 1. The van der Waals surface area contributed by atoms with Gasteiger partial charge in [-0.1, -0.05) is 35.1 Å². The minimum Gasteiger partial charge on any atom is -0.462 e. The van der Waals surface area contributed by atoms with E-state index >= 15 is 0 Å². The fourth-order valence-corrected chi connectivity index (χ4v) is 4.44. The van der Waals surface area contributed by atoms with Gasteiger partial charge in [0.25, 0.3) is 0 Å². The second kappa shape index (κ2) is 54.4. The molecule has 0 fully saturated rings. The van der Waals surface area contributed by atoms with Gasteiger partial charge in [-0.25, -0.2) is 0 Å². The van der Waals surface area contributed by atoms with Crippen molar-refractivity contribution >= 4 is 13.3 Å².